The quantitative estimate of drug-likeness (QED) is 0.928. The van der Waals surface area contributed by atoms with E-state index in [0.717, 1.165) is 17.8 Å². The molecule has 1 aromatic rings. The molecule has 2 rings (SSSR count). The molecule has 4 nitrogen and oxygen atoms in total. The smallest absolute Gasteiger partial charge is 0.387 e. The number of halogens is 3. The Morgan fingerprint density at radius 3 is 2.89 bits per heavy atom. The number of carbonyl (C=O) groups excluding carboxylic acids is 1. The Balaban J connectivity index is 0.00000162. The number of nitrogens with zero attached hydrogens (tertiary/aromatic N) is 1. The fourth-order valence-corrected chi connectivity index (χ4v) is 2.55. The van der Waals surface area contributed by atoms with E-state index in [4.69, 9.17) is 5.73 Å². The van der Waals surface area contributed by atoms with Crippen LogP contribution >= 0.6 is 23.7 Å². The lowest BCUT2D eigenvalue weighted by Gasteiger charge is -2.15. The summed E-state index contributed by atoms with van der Waals surface area (Å²) >= 11 is 1.10. The lowest BCUT2D eigenvalue weighted by molar-refractivity contribution is -0.0499. The number of nitrogens with two attached hydrogens (primary N) is 1. The van der Waals surface area contributed by atoms with Gasteiger partial charge in [0.15, 0.2) is 0 Å². The molecule has 1 aromatic heterocycles. The molecule has 0 spiro atoms. The molecule has 0 aliphatic carbocycles. The fourth-order valence-electron chi connectivity index (χ4n) is 1.76. The Bertz CT molecular complexity index is 416. The normalized spacial score (nSPS) is 18.9. The number of thiophene rings is 1. The summed E-state index contributed by atoms with van der Waals surface area (Å²) in [7, 11) is 0. The van der Waals surface area contributed by atoms with E-state index in [1.54, 1.807) is 10.3 Å². The van der Waals surface area contributed by atoms with Crippen molar-refractivity contribution in [1.82, 2.24) is 4.90 Å². The van der Waals surface area contributed by atoms with Gasteiger partial charge in [0, 0.05) is 19.1 Å². The number of amides is 1. The zero-order chi connectivity index (χ0) is 12.4. The molecular formula is C10H13ClF2N2O2S. The molecule has 1 amide bonds. The molecule has 1 saturated heterocycles. The van der Waals surface area contributed by atoms with E-state index in [1.165, 1.54) is 6.07 Å². The SMILES string of the molecule is Cl.N[C@@H]1CCN(C(=O)c2sccc2OC(F)F)C1. The van der Waals surface area contributed by atoms with Crippen LogP contribution in [0, 0.1) is 0 Å². The predicted octanol–water partition coefficient (Wildman–Crippen LogP) is 1.94. The van der Waals surface area contributed by atoms with Crippen molar-refractivity contribution in [3.63, 3.8) is 0 Å². The molecule has 0 radical (unpaired) electrons. The third-order valence-corrected chi connectivity index (χ3v) is 3.43. The number of rotatable bonds is 3. The summed E-state index contributed by atoms with van der Waals surface area (Å²) < 4.78 is 28.5. The highest BCUT2D eigenvalue weighted by Crippen LogP contribution is 2.28. The van der Waals surface area contributed by atoms with Gasteiger partial charge in [0.1, 0.15) is 10.6 Å². The first-order valence-electron chi connectivity index (χ1n) is 5.15. The van der Waals surface area contributed by atoms with Gasteiger partial charge in [-0.2, -0.15) is 8.78 Å². The predicted molar refractivity (Wildman–Crippen MR) is 66.7 cm³/mol. The molecule has 8 heteroatoms. The van der Waals surface area contributed by atoms with E-state index < -0.39 is 6.61 Å². The summed E-state index contributed by atoms with van der Waals surface area (Å²) in [6, 6.07) is 1.35. The molecule has 18 heavy (non-hydrogen) atoms. The maximum absolute atomic E-state index is 12.1. The van der Waals surface area contributed by atoms with Crippen molar-refractivity contribution in [3.05, 3.63) is 16.3 Å². The number of alkyl halides is 2. The Hall–Kier alpha value is -0.920. The van der Waals surface area contributed by atoms with Crippen LogP contribution in [-0.2, 0) is 0 Å². The maximum Gasteiger partial charge on any atom is 0.387 e. The minimum atomic E-state index is -2.92. The van der Waals surface area contributed by atoms with Crippen LogP contribution in [0.3, 0.4) is 0 Å². The Kier molecular flexibility index (Phi) is 5.30. The Labute approximate surface area is 113 Å². The van der Waals surface area contributed by atoms with Crippen molar-refractivity contribution in [2.75, 3.05) is 13.1 Å². The molecule has 1 aliphatic rings. The second kappa shape index (κ2) is 6.31. The molecule has 1 atom stereocenters. The van der Waals surface area contributed by atoms with E-state index in [1.807, 2.05) is 0 Å². The average Bonchev–Trinajstić information content (AvgIpc) is 2.85. The maximum atomic E-state index is 12.1. The molecule has 1 fully saturated rings. The summed E-state index contributed by atoms with van der Waals surface area (Å²) in [6.45, 7) is -1.89. The summed E-state index contributed by atoms with van der Waals surface area (Å²) in [5.41, 5.74) is 5.69. The van der Waals surface area contributed by atoms with Gasteiger partial charge < -0.3 is 15.4 Å². The van der Waals surface area contributed by atoms with Gasteiger partial charge in [0.05, 0.1) is 0 Å². The van der Waals surface area contributed by atoms with Crippen LogP contribution in [0.5, 0.6) is 5.75 Å². The van der Waals surface area contributed by atoms with Gasteiger partial charge in [-0.3, -0.25) is 4.79 Å². The molecule has 0 saturated carbocycles. The highest BCUT2D eigenvalue weighted by molar-refractivity contribution is 7.12. The van der Waals surface area contributed by atoms with Crippen LogP contribution in [-0.4, -0.2) is 36.5 Å². The molecule has 2 heterocycles. The Morgan fingerprint density at radius 2 is 2.33 bits per heavy atom. The standard InChI is InChI=1S/C10H12F2N2O2S.ClH/c11-10(12)16-7-2-4-17-8(7)9(15)14-3-1-6(13)5-14;/h2,4,6,10H,1,3,5,13H2;1H/t6-;/m1./s1. The van der Waals surface area contributed by atoms with Crippen molar-refractivity contribution in [1.29, 1.82) is 0 Å². The van der Waals surface area contributed by atoms with E-state index in [0.29, 0.717) is 13.1 Å². The van der Waals surface area contributed by atoms with E-state index >= 15 is 0 Å². The van der Waals surface area contributed by atoms with Crippen molar-refractivity contribution >= 4 is 29.7 Å². The average molecular weight is 299 g/mol. The van der Waals surface area contributed by atoms with E-state index in [9.17, 15) is 13.6 Å². The second-order valence-electron chi connectivity index (χ2n) is 3.79. The topological polar surface area (TPSA) is 55.6 Å². The van der Waals surface area contributed by atoms with Crippen molar-refractivity contribution in [2.24, 2.45) is 5.73 Å². The first-order chi connectivity index (χ1) is 8.08. The Morgan fingerprint density at radius 1 is 1.61 bits per heavy atom. The van der Waals surface area contributed by atoms with Crippen LogP contribution in [0.1, 0.15) is 16.1 Å². The number of hydrogen-bond acceptors (Lipinski definition) is 4. The molecule has 0 unspecified atom stereocenters. The van der Waals surface area contributed by atoms with Crippen LogP contribution in [0.15, 0.2) is 11.4 Å². The van der Waals surface area contributed by atoms with Crippen LogP contribution in [0.25, 0.3) is 0 Å². The monoisotopic (exact) mass is 298 g/mol. The highest BCUT2D eigenvalue weighted by Gasteiger charge is 2.28. The zero-order valence-corrected chi connectivity index (χ0v) is 11.0. The summed E-state index contributed by atoms with van der Waals surface area (Å²) in [6.07, 6.45) is 0.738. The summed E-state index contributed by atoms with van der Waals surface area (Å²) in [5.74, 6) is -0.348. The number of carbonyl (C=O) groups is 1. The van der Waals surface area contributed by atoms with Crippen molar-refractivity contribution < 1.29 is 18.3 Å². The minimum Gasteiger partial charge on any atom is -0.433 e. The van der Waals surface area contributed by atoms with Crippen molar-refractivity contribution in [3.8, 4) is 5.75 Å². The molecular weight excluding hydrogens is 286 g/mol. The van der Waals surface area contributed by atoms with E-state index in [-0.39, 0.29) is 35.0 Å². The van der Waals surface area contributed by atoms with Crippen molar-refractivity contribution in [2.45, 2.75) is 19.1 Å². The van der Waals surface area contributed by atoms with Gasteiger partial charge >= 0.3 is 6.61 Å². The van der Waals surface area contributed by atoms with Gasteiger partial charge in [0.25, 0.3) is 5.91 Å². The minimum absolute atomic E-state index is 0. The fraction of sp³-hybridized carbons (Fsp3) is 0.500. The van der Waals surface area contributed by atoms with E-state index in [2.05, 4.69) is 4.74 Å². The lowest BCUT2D eigenvalue weighted by atomic mass is 10.3. The molecule has 2 N–H and O–H groups in total. The first-order valence-corrected chi connectivity index (χ1v) is 6.03. The van der Waals surface area contributed by atoms with Gasteiger partial charge in [0.2, 0.25) is 0 Å². The largest absolute Gasteiger partial charge is 0.433 e. The highest BCUT2D eigenvalue weighted by atomic mass is 35.5. The molecule has 102 valence electrons. The number of ether oxygens (including phenoxy) is 1. The third-order valence-electron chi connectivity index (χ3n) is 2.55. The summed E-state index contributed by atoms with van der Waals surface area (Å²) in [5, 5.41) is 1.56. The molecule has 0 bridgehead atoms. The number of likely N-dealkylation sites (tertiary alicyclic amines) is 1. The second-order valence-corrected chi connectivity index (χ2v) is 4.71. The molecule has 0 aromatic carbocycles. The van der Waals surface area contributed by atoms with Crippen LogP contribution in [0.4, 0.5) is 8.78 Å². The van der Waals surface area contributed by atoms with Gasteiger partial charge in [-0.1, -0.05) is 0 Å². The molecule has 1 aliphatic heterocycles. The van der Waals surface area contributed by atoms with Crippen LogP contribution in [0.2, 0.25) is 0 Å². The van der Waals surface area contributed by atoms with Gasteiger partial charge in [-0.25, -0.2) is 0 Å². The summed E-state index contributed by atoms with van der Waals surface area (Å²) in [4.78, 5) is 13.8. The van der Waals surface area contributed by atoms with Gasteiger partial charge in [-0.15, -0.1) is 23.7 Å². The third kappa shape index (κ3) is 3.30. The van der Waals surface area contributed by atoms with Crippen LogP contribution < -0.4 is 10.5 Å². The number of hydrogen-bond donors (Lipinski definition) is 1. The zero-order valence-electron chi connectivity index (χ0n) is 9.34. The van der Waals surface area contributed by atoms with Gasteiger partial charge in [-0.05, 0) is 17.9 Å². The lowest BCUT2D eigenvalue weighted by Crippen LogP contribution is -2.31. The first kappa shape index (κ1) is 15.1.